The molecule has 3 heterocycles. The summed E-state index contributed by atoms with van der Waals surface area (Å²) in [6.07, 6.45) is 1.99. The molecule has 0 spiro atoms. The van der Waals surface area contributed by atoms with E-state index in [1.54, 1.807) is 0 Å². The summed E-state index contributed by atoms with van der Waals surface area (Å²) in [6, 6.07) is 0.789. The average molecular weight is 183 g/mol. The van der Waals surface area contributed by atoms with Crippen molar-refractivity contribution < 1.29 is 4.79 Å². The van der Waals surface area contributed by atoms with Gasteiger partial charge >= 0.3 is 0 Å². The van der Waals surface area contributed by atoms with Gasteiger partial charge in [0, 0.05) is 19.1 Å². The molecule has 0 radical (unpaired) electrons. The summed E-state index contributed by atoms with van der Waals surface area (Å²) in [4.78, 5) is 15.9. The molecule has 0 aliphatic carbocycles. The Morgan fingerprint density at radius 1 is 1.62 bits per heavy atom. The van der Waals surface area contributed by atoms with Crippen molar-refractivity contribution in [1.82, 2.24) is 9.80 Å². The van der Waals surface area contributed by atoms with Gasteiger partial charge in [-0.2, -0.15) is 0 Å². The zero-order valence-corrected chi connectivity index (χ0v) is 8.07. The van der Waals surface area contributed by atoms with E-state index in [0.29, 0.717) is 18.5 Å². The normalized spacial score (nSPS) is 33.4. The van der Waals surface area contributed by atoms with Crippen molar-refractivity contribution in [3.8, 4) is 0 Å². The SMILES string of the molecule is CN1C2CC1C(=O)N(CCCN)C2. The number of rotatable bonds is 3. The van der Waals surface area contributed by atoms with E-state index in [9.17, 15) is 4.79 Å². The molecule has 2 bridgehead atoms. The van der Waals surface area contributed by atoms with Crippen molar-refractivity contribution in [1.29, 1.82) is 0 Å². The minimum atomic E-state index is 0.177. The van der Waals surface area contributed by atoms with Crippen LogP contribution in [0.4, 0.5) is 0 Å². The molecule has 13 heavy (non-hydrogen) atoms. The maximum atomic E-state index is 11.7. The summed E-state index contributed by atoms with van der Waals surface area (Å²) < 4.78 is 0. The summed E-state index contributed by atoms with van der Waals surface area (Å²) >= 11 is 0. The highest BCUT2D eigenvalue weighted by molar-refractivity contribution is 5.84. The lowest BCUT2D eigenvalue weighted by atomic mass is 9.87. The molecule has 4 heteroatoms. The molecule has 2 atom stereocenters. The summed E-state index contributed by atoms with van der Waals surface area (Å²) in [5, 5.41) is 0. The molecule has 3 saturated heterocycles. The van der Waals surface area contributed by atoms with E-state index in [0.717, 1.165) is 25.9 Å². The van der Waals surface area contributed by atoms with Crippen LogP contribution in [-0.2, 0) is 4.79 Å². The van der Waals surface area contributed by atoms with Crippen molar-refractivity contribution in [3.63, 3.8) is 0 Å². The second-order valence-electron chi connectivity index (χ2n) is 4.00. The fourth-order valence-electron chi connectivity index (χ4n) is 2.22. The standard InChI is InChI=1S/C9H17N3O/c1-11-7-5-8(11)9(13)12(6-7)4-2-3-10/h7-8H,2-6,10H2,1H3. The Morgan fingerprint density at radius 3 is 2.92 bits per heavy atom. The van der Waals surface area contributed by atoms with Crippen LogP contribution in [0.3, 0.4) is 0 Å². The van der Waals surface area contributed by atoms with E-state index in [1.807, 2.05) is 11.9 Å². The third-order valence-electron chi connectivity index (χ3n) is 3.22. The Labute approximate surface area is 78.7 Å². The molecule has 0 aromatic carbocycles. The van der Waals surface area contributed by atoms with E-state index in [1.165, 1.54) is 0 Å². The number of nitrogens with two attached hydrogens (primary N) is 1. The molecule has 1 amide bonds. The molecule has 3 aliphatic rings. The number of nitrogens with zero attached hydrogens (tertiary/aromatic N) is 2. The fraction of sp³-hybridized carbons (Fsp3) is 0.889. The molecule has 2 N–H and O–H groups in total. The summed E-state index contributed by atoms with van der Waals surface area (Å²) in [7, 11) is 2.04. The van der Waals surface area contributed by atoms with Gasteiger partial charge < -0.3 is 10.6 Å². The van der Waals surface area contributed by atoms with Gasteiger partial charge in [0.15, 0.2) is 0 Å². The largest absolute Gasteiger partial charge is 0.340 e. The number of likely N-dealkylation sites (N-methyl/N-ethyl adjacent to an activating group) is 1. The maximum absolute atomic E-state index is 11.7. The molecule has 2 unspecified atom stereocenters. The topological polar surface area (TPSA) is 49.6 Å². The summed E-state index contributed by atoms with van der Waals surface area (Å²) in [6.45, 7) is 2.43. The van der Waals surface area contributed by atoms with Crippen LogP contribution in [0.5, 0.6) is 0 Å². The number of hydrogen-bond donors (Lipinski definition) is 1. The van der Waals surface area contributed by atoms with Crippen molar-refractivity contribution in [3.05, 3.63) is 0 Å². The highest BCUT2D eigenvalue weighted by atomic mass is 16.2. The highest BCUT2D eigenvalue weighted by Crippen LogP contribution is 2.31. The number of carbonyl (C=O) groups excluding carboxylic acids is 1. The van der Waals surface area contributed by atoms with Crippen molar-refractivity contribution in [2.24, 2.45) is 5.73 Å². The molecule has 74 valence electrons. The first-order chi connectivity index (χ1) is 6.24. The van der Waals surface area contributed by atoms with E-state index < -0.39 is 0 Å². The first-order valence-corrected chi connectivity index (χ1v) is 4.95. The molecular formula is C9H17N3O. The Morgan fingerprint density at radius 2 is 2.38 bits per heavy atom. The Balaban J connectivity index is 1.91. The third-order valence-corrected chi connectivity index (χ3v) is 3.22. The van der Waals surface area contributed by atoms with E-state index >= 15 is 0 Å². The summed E-state index contributed by atoms with van der Waals surface area (Å²) in [5.74, 6) is 0.304. The number of piperidine rings is 1. The van der Waals surface area contributed by atoms with Gasteiger partial charge in [-0.25, -0.2) is 0 Å². The smallest absolute Gasteiger partial charge is 0.240 e. The lowest BCUT2D eigenvalue weighted by Gasteiger charge is -2.53. The molecular weight excluding hydrogens is 166 g/mol. The third kappa shape index (κ3) is 1.34. The maximum Gasteiger partial charge on any atom is 0.240 e. The number of piperazine rings is 1. The lowest BCUT2D eigenvalue weighted by molar-refractivity contribution is -0.156. The first kappa shape index (κ1) is 8.97. The van der Waals surface area contributed by atoms with Gasteiger partial charge in [-0.3, -0.25) is 9.69 Å². The van der Waals surface area contributed by atoms with Crippen LogP contribution in [0.1, 0.15) is 12.8 Å². The van der Waals surface area contributed by atoms with Gasteiger partial charge in [0.2, 0.25) is 5.91 Å². The number of hydrogen-bond acceptors (Lipinski definition) is 3. The number of carbonyl (C=O) groups is 1. The van der Waals surface area contributed by atoms with E-state index in [4.69, 9.17) is 5.73 Å². The highest BCUT2D eigenvalue weighted by Gasteiger charge is 2.47. The van der Waals surface area contributed by atoms with Crippen molar-refractivity contribution >= 4 is 5.91 Å². The van der Waals surface area contributed by atoms with Gasteiger partial charge in [-0.05, 0) is 26.4 Å². The lowest BCUT2D eigenvalue weighted by Crippen LogP contribution is -2.69. The van der Waals surface area contributed by atoms with Crippen LogP contribution in [0.2, 0.25) is 0 Å². The van der Waals surface area contributed by atoms with Gasteiger partial charge in [0.25, 0.3) is 0 Å². The molecule has 4 nitrogen and oxygen atoms in total. The van der Waals surface area contributed by atoms with Crippen LogP contribution in [0, 0.1) is 0 Å². The molecule has 0 aromatic heterocycles. The average Bonchev–Trinajstić information content (AvgIpc) is 2.14. The van der Waals surface area contributed by atoms with Gasteiger partial charge in [0.05, 0.1) is 6.04 Å². The zero-order valence-electron chi connectivity index (χ0n) is 8.07. The fourth-order valence-corrected chi connectivity index (χ4v) is 2.22. The van der Waals surface area contributed by atoms with E-state index in [-0.39, 0.29) is 6.04 Å². The molecule has 0 aromatic rings. The minimum absolute atomic E-state index is 0.177. The first-order valence-electron chi connectivity index (χ1n) is 4.95. The van der Waals surface area contributed by atoms with Crippen molar-refractivity contribution in [2.45, 2.75) is 24.9 Å². The van der Waals surface area contributed by atoms with Crippen LogP contribution in [0.15, 0.2) is 0 Å². The van der Waals surface area contributed by atoms with E-state index in [2.05, 4.69) is 4.90 Å². The second-order valence-corrected chi connectivity index (χ2v) is 4.00. The van der Waals surface area contributed by atoms with Crippen LogP contribution >= 0.6 is 0 Å². The quantitative estimate of drug-likeness (QED) is 0.626. The number of amides is 1. The Kier molecular flexibility index (Phi) is 2.26. The minimum Gasteiger partial charge on any atom is -0.340 e. The predicted molar refractivity (Wildman–Crippen MR) is 50.2 cm³/mol. The van der Waals surface area contributed by atoms with Gasteiger partial charge in [0.1, 0.15) is 0 Å². The molecule has 3 fully saturated rings. The van der Waals surface area contributed by atoms with Crippen molar-refractivity contribution in [2.75, 3.05) is 26.7 Å². The van der Waals surface area contributed by atoms with Crippen LogP contribution in [0.25, 0.3) is 0 Å². The second kappa shape index (κ2) is 3.27. The predicted octanol–water partition coefficient (Wildman–Crippen LogP) is -0.750. The van der Waals surface area contributed by atoms with Gasteiger partial charge in [-0.15, -0.1) is 0 Å². The number of fused-ring (bicyclic) bond motifs is 2. The van der Waals surface area contributed by atoms with Crippen LogP contribution < -0.4 is 5.73 Å². The molecule has 0 saturated carbocycles. The monoisotopic (exact) mass is 183 g/mol. The Hall–Kier alpha value is -0.610. The van der Waals surface area contributed by atoms with Gasteiger partial charge in [-0.1, -0.05) is 0 Å². The zero-order chi connectivity index (χ0) is 9.42. The molecule has 3 rings (SSSR count). The molecule has 3 aliphatic heterocycles. The Bertz CT molecular complexity index is 219. The van der Waals surface area contributed by atoms with Crippen LogP contribution in [-0.4, -0.2) is 54.5 Å². The summed E-state index contributed by atoms with van der Waals surface area (Å²) in [5.41, 5.74) is 5.42.